The van der Waals surface area contributed by atoms with E-state index in [9.17, 15) is 0 Å². The molecular weight excluding hydrogens is 274 g/mol. The van der Waals surface area contributed by atoms with Crippen molar-refractivity contribution in [2.75, 3.05) is 18.1 Å². The molecule has 126 valence electrons. The molecule has 0 aromatic rings. The second kappa shape index (κ2) is 10.2. The molecule has 3 unspecified atom stereocenters. The number of nitrogens with one attached hydrogen (secondary N) is 1. The molecule has 1 rings (SSSR count). The van der Waals surface area contributed by atoms with Gasteiger partial charge in [-0.05, 0) is 82.3 Å². The molecule has 0 aromatic heterocycles. The van der Waals surface area contributed by atoms with Gasteiger partial charge in [0.1, 0.15) is 0 Å². The van der Waals surface area contributed by atoms with E-state index in [-0.39, 0.29) is 5.54 Å². The highest BCUT2D eigenvalue weighted by molar-refractivity contribution is 7.99. The first-order valence-electron chi connectivity index (χ1n) is 9.29. The van der Waals surface area contributed by atoms with E-state index in [2.05, 4.69) is 51.7 Å². The average molecular weight is 314 g/mol. The standard InChI is InChI=1S/C19H39NS/c1-6-9-16-11-12-18(15-20-19(3,4)5)17(14-16)10-8-13-21-7-2/h16-18,20H,6-15H2,1-5H3. The Morgan fingerprint density at radius 2 is 1.81 bits per heavy atom. The molecule has 21 heavy (non-hydrogen) atoms. The maximum absolute atomic E-state index is 3.76. The van der Waals surface area contributed by atoms with Gasteiger partial charge in [0.25, 0.3) is 0 Å². The molecule has 3 atom stereocenters. The summed E-state index contributed by atoms with van der Waals surface area (Å²) in [5, 5.41) is 3.76. The van der Waals surface area contributed by atoms with E-state index in [0.717, 1.165) is 17.8 Å². The predicted octanol–water partition coefficient (Wildman–Crippen LogP) is 5.74. The summed E-state index contributed by atoms with van der Waals surface area (Å²) >= 11 is 2.11. The highest BCUT2D eigenvalue weighted by atomic mass is 32.2. The lowest BCUT2D eigenvalue weighted by Crippen LogP contribution is -2.42. The van der Waals surface area contributed by atoms with Gasteiger partial charge in [-0.1, -0.05) is 33.1 Å². The van der Waals surface area contributed by atoms with Gasteiger partial charge in [0, 0.05) is 5.54 Å². The Balaban J connectivity index is 2.44. The molecule has 0 radical (unpaired) electrons. The zero-order chi connectivity index (χ0) is 15.7. The summed E-state index contributed by atoms with van der Waals surface area (Å²) in [6, 6.07) is 0. The SMILES string of the molecule is CCCC1CCC(CNC(C)(C)C)C(CCCSCC)C1. The van der Waals surface area contributed by atoms with E-state index in [1.54, 1.807) is 0 Å². The molecule has 0 heterocycles. The van der Waals surface area contributed by atoms with Gasteiger partial charge in [0.15, 0.2) is 0 Å². The van der Waals surface area contributed by atoms with Crippen LogP contribution in [-0.4, -0.2) is 23.6 Å². The Kier molecular flexibility index (Phi) is 9.36. The minimum atomic E-state index is 0.267. The molecule has 1 aliphatic rings. The highest BCUT2D eigenvalue weighted by Gasteiger charge is 2.30. The van der Waals surface area contributed by atoms with Crippen molar-refractivity contribution in [1.29, 1.82) is 0 Å². The first kappa shape index (κ1) is 19.4. The first-order chi connectivity index (χ1) is 9.96. The predicted molar refractivity (Wildman–Crippen MR) is 99.2 cm³/mol. The van der Waals surface area contributed by atoms with Crippen LogP contribution in [0.4, 0.5) is 0 Å². The Morgan fingerprint density at radius 3 is 2.43 bits per heavy atom. The van der Waals surface area contributed by atoms with Crippen LogP contribution < -0.4 is 5.32 Å². The van der Waals surface area contributed by atoms with E-state index in [0.29, 0.717) is 0 Å². The molecule has 1 saturated carbocycles. The summed E-state index contributed by atoms with van der Waals surface area (Å²) in [6.45, 7) is 12.7. The molecule has 1 fully saturated rings. The summed E-state index contributed by atoms with van der Waals surface area (Å²) in [6.07, 6.45) is 10.1. The van der Waals surface area contributed by atoms with Gasteiger partial charge in [-0.25, -0.2) is 0 Å². The van der Waals surface area contributed by atoms with E-state index in [1.165, 1.54) is 63.0 Å². The smallest absolute Gasteiger partial charge is 0.00966 e. The Morgan fingerprint density at radius 1 is 1.05 bits per heavy atom. The topological polar surface area (TPSA) is 12.0 Å². The van der Waals surface area contributed by atoms with Crippen molar-refractivity contribution in [2.45, 2.75) is 85.1 Å². The summed E-state index contributed by atoms with van der Waals surface area (Å²) in [4.78, 5) is 0. The normalized spacial score (nSPS) is 27.0. The Hall–Kier alpha value is 0.310. The van der Waals surface area contributed by atoms with Crippen LogP contribution in [0.3, 0.4) is 0 Å². The Labute approximate surface area is 138 Å². The lowest BCUT2D eigenvalue weighted by Gasteiger charge is -2.38. The van der Waals surface area contributed by atoms with Gasteiger partial charge >= 0.3 is 0 Å². The third kappa shape index (κ3) is 8.50. The lowest BCUT2D eigenvalue weighted by atomic mass is 9.71. The van der Waals surface area contributed by atoms with Gasteiger partial charge in [-0.15, -0.1) is 0 Å². The van der Waals surface area contributed by atoms with Gasteiger partial charge in [-0.2, -0.15) is 11.8 Å². The summed E-state index contributed by atoms with van der Waals surface area (Å²) in [7, 11) is 0. The second-order valence-electron chi connectivity index (χ2n) is 7.96. The van der Waals surface area contributed by atoms with E-state index >= 15 is 0 Å². The van der Waals surface area contributed by atoms with Gasteiger partial charge in [0.2, 0.25) is 0 Å². The first-order valence-corrected chi connectivity index (χ1v) is 10.4. The number of thioether (sulfide) groups is 1. The molecule has 1 N–H and O–H groups in total. The fourth-order valence-corrected chi connectivity index (χ4v) is 4.41. The Bertz CT molecular complexity index is 259. The fraction of sp³-hybridized carbons (Fsp3) is 1.00. The molecule has 0 amide bonds. The van der Waals surface area contributed by atoms with Gasteiger partial charge in [0.05, 0.1) is 0 Å². The number of hydrogen-bond acceptors (Lipinski definition) is 2. The van der Waals surface area contributed by atoms with Crippen LogP contribution in [0.2, 0.25) is 0 Å². The van der Waals surface area contributed by atoms with E-state index in [4.69, 9.17) is 0 Å². The van der Waals surface area contributed by atoms with Gasteiger partial charge < -0.3 is 5.32 Å². The quantitative estimate of drug-likeness (QED) is 0.545. The molecule has 1 nitrogen and oxygen atoms in total. The minimum Gasteiger partial charge on any atom is -0.312 e. The largest absolute Gasteiger partial charge is 0.312 e. The molecule has 2 heteroatoms. The van der Waals surface area contributed by atoms with Crippen LogP contribution in [0.1, 0.15) is 79.6 Å². The average Bonchev–Trinajstić information content (AvgIpc) is 2.42. The fourth-order valence-electron chi connectivity index (χ4n) is 3.75. The van der Waals surface area contributed by atoms with Crippen LogP contribution in [0, 0.1) is 17.8 Å². The van der Waals surface area contributed by atoms with Crippen LogP contribution in [-0.2, 0) is 0 Å². The number of hydrogen-bond donors (Lipinski definition) is 1. The van der Waals surface area contributed by atoms with Crippen LogP contribution in [0.25, 0.3) is 0 Å². The summed E-state index contributed by atoms with van der Waals surface area (Å²) in [5.41, 5.74) is 0.267. The molecular formula is C19H39NS. The molecule has 0 saturated heterocycles. The maximum Gasteiger partial charge on any atom is 0.00966 e. The second-order valence-corrected chi connectivity index (χ2v) is 9.35. The molecule has 0 aliphatic heterocycles. The van der Waals surface area contributed by atoms with E-state index in [1.807, 2.05) is 0 Å². The molecule has 0 aromatic carbocycles. The van der Waals surface area contributed by atoms with Crippen molar-refractivity contribution in [3.8, 4) is 0 Å². The highest BCUT2D eigenvalue weighted by Crippen LogP contribution is 2.38. The lowest BCUT2D eigenvalue weighted by molar-refractivity contribution is 0.151. The zero-order valence-electron chi connectivity index (χ0n) is 15.2. The molecule has 0 bridgehead atoms. The summed E-state index contributed by atoms with van der Waals surface area (Å²) < 4.78 is 0. The van der Waals surface area contributed by atoms with Crippen molar-refractivity contribution in [1.82, 2.24) is 5.32 Å². The van der Waals surface area contributed by atoms with Crippen molar-refractivity contribution in [3.05, 3.63) is 0 Å². The third-order valence-corrected chi connectivity index (χ3v) is 5.89. The monoisotopic (exact) mass is 313 g/mol. The van der Waals surface area contributed by atoms with Crippen molar-refractivity contribution in [2.24, 2.45) is 17.8 Å². The zero-order valence-corrected chi connectivity index (χ0v) is 16.0. The van der Waals surface area contributed by atoms with Crippen molar-refractivity contribution >= 4 is 11.8 Å². The molecule has 1 aliphatic carbocycles. The van der Waals surface area contributed by atoms with Crippen LogP contribution >= 0.6 is 11.8 Å². The van der Waals surface area contributed by atoms with Crippen molar-refractivity contribution < 1.29 is 0 Å². The van der Waals surface area contributed by atoms with Crippen LogP contribution in [0.15, 0.2) is 0 Å². The van der Waals surface area contributed by atoms with Crippen LogP contribution in [0.5, 0.6) is 0 Å². The van der Waals surface area contributed by atoms with Gasteiger partial charge in [-0.3, -0.25) is 0 Å². The van der Waals surface area contributed by atoms with E-state index < -0.39 is 0 Å². The number of rotatable bonds is 9. The third-order valence-electron chi connectivity index (χ3n) is 4.91. The summed E-state index contributed by atoms with van der Waals surface area (Å²) in [5.74, 6) is 5.56. The molecule has 0 spiro atoms. The van der Waals surface area contributed by atoms with Crippen molar-refractivity contribution in [3.63, 3.8) is 0 Å². The maximum atomic E-state index is 3.76. The minimum absolute atomic E-state index is 0.267.